The van der Waals surface area contributed by atoms with Crippen LogP contribution < -0.4 is 5.32 Å². The van der Waals surface area contributed by atoms with Gasteiger partial charge in [-0.1, -0.05) is 28.9 Å². The number of alkyl halides is 3. The van der Waals surface area contributed by atoms with Crippen molar-refractivity contribution in [2.45, 2.75) is 12.6 Å². The Labute approximate surface area is 188 Å². The SMILES string of the molecule is O=C(NCCc1nc(-c2ccc(Cl)cc2)cs1)c1cncc(-c2noc(C(F)(F)F)n2)c1. The van der Waals surface area contributed by atoms with Crippen molar-refractivity contribution in [3.05, 3.63) is 69.6 Å². The average Bonchev–Trinajstić information content (AvgIpc) is 3.44. The summed E-state index contributed by atoms with van der Waals surface area (Å²) in [5.41, 5.74) is 2.05. The van der Waals surface area contributed by atoms with Gasteiger partial charge in [0.1, 0.15) is 0 Å². The second-order valence-corrected chi connectivity index (χ2v) is 7.90. The van der Waals surface area contributed by atoms with Crippen molar-refractivity contribution in [2.24, 2.45) is 0 Å². The van der Waals surface area contributed by atoms with Crippen molar-refractivity contribution in [1.82, 2.24) is 25.4 Å². The minimum Gasteiger partial charge on any atom is -0.352 e. The van der Waals surface area contributed by atoms with E-state index in [2.05, 4.69) is 29.9 Å². The number of amides is 1. The van der Waals surface area contributed by atoms with E-state index in [1.807, 2.05) is 17.5 Å². The largest absolute Gasteiger partial charge is 0.471 e. The molecule has 7 nitrogen and oxygen atoms in total. The third-order valence-corrected chi connectivity index (χ3v) is 5.40. The summed E-state index contributed by atoms with van der Waals surface area (Å²) in [5.74, 6) is -2.21. The first kappa shape index (κ1) is 21.9. The summed E-state index contributed by atoms with van der Waals surface area (Å²) < 4.78 is 42.1. The Kier molecular flexibility index (Phi) is 6.19. The normalized spacial score (nSPS) is 11.5. The molecule has 0 aliphatic heterocycles. The van der Waals surface area contributed by atoms with Crippen LogP contribution in [0, 0.1) is 0 Å². The maximum Gasteiger partial charge on any atom is 0.471 e. The summed E-state index contributed by atoms with van der Waals surface area (Å²) in [6, 6.07) is 8.68. The van der Waals surface area contributed by atoms with Crippen LogP contribution in [0.3, 0.4) is 0 Å². The molecule has 164 valence electrons. The van der Waals surface area contributed by atoms with E-state index in [4.69, 9.17) is 11.6 Å². The molecule has 1 amide bonds. The van der Waals surface area contributed by atoms with Gasteiger partial charge in [-0.05, 0) is 18.2 Å². The number of rotatable bonds is 6. The molecule has 12 heteroatoms. The second-order valence-electron chi connectivity index (χ2n) is 6.52. The molecule has 1 aromatic carbocycles. The van der Waals surface area contributed by atoms with E-state index in [-0.39, 0.29) is 17.0 Å². The summed E-state index contributed by atoms with van der Waals surface area (Å²) >= 11 is 7.37. The van der Waals surface area contributed by atoms with E-state index < -0.39 is 18.0 Å². The molecular weight excluding hydrogens is 467 g/mol. The van der Waals surface area contributed by atoms with Crippen molar-refractivity contribution < 1.29 is 22.5 Å². The topological polar surface area (TPSA) is 93.8 Å². The minimum absolute atomic E-state index is 0.129. The molecule has 1 N–H and O–H groups in total. The van der Waals surface area contributed by atoms with Crippen LogP contribution in [0.4, 0.5) is 13.2 Å². The van der Waals surface area contributed by atoms with Crippen molar-refractivity contribution in [3.63, 3.8) is 0 Å². The number of nitrogens with one attached hydrogen (secondary N) is 1. The van der Waals surface area contributed by atoms with Crippen molar-refractivity contribution in [1.29, 1.82) is 0 Å². The molecule has 32 heavy (non-hydrogen) atoms. The van der Waals surface area contributed by atoms with Gasteiger partial charge in [-0.15, -0.1) is 11.3 Å². The Bertz CT molecular complexity index is 1240. The molecule has 3 aromatic heterocycles. The van der Waals surface area contributed by atoms with Crippen LogP contribution in [0.5, 0.6) is 0 Å². The summed E-state index contributed by atoms with van der Waals surface area (Å²) in [6.07, 6.45) is -1.70. The summed E-state index contributed by atoms with van der Waals surface area (Å²) in [5, 5.41) is 9.44. The Morgan fingerprint density at radius 2 is 1.91 bits per heavy atom. The molecule has 4 rings (SSSR count). The number of pyridine rings is 1. The van der Waals surface area contributed by atoms with E-state index in [1.54, 1.807) is 12.1 Å². The molecule has 4 aromatic rings. The predicted octanol–water partition coefficient (Wildman–Crippen LogP) is 4.90. The van der Waals surface area contributed by atoms with Crippen LogP contribution in [-0.2, 0) is 12.6 Å². The smallest absolute Gasteiger partial charge is 0.352 e. The van der Waals surface area contributed by atoms with Gasteiger partial charge in [0.05, 0.1) is 16.3 Å². The van der Waals surface area contributed by atoms with Crippen LogP contribution in [0.1, 0.15) is 21.3 Å². The average molecular weight is 480 g/mol. The number of halogens is 4. The fourth-order valence-corrected chi connectivity index (χ4v) is 3.64. The van der Waals surface area contributed by atoms with Crippen LogP contribution >= 0.6 is 22.9 Å². The molecule has 0 saturated heterocycles. The van der Waals surface area contributed by atoms with Gasteiger partial charge in [-0.25, -0.2) is 4.98 Å². The molecule has 0 spiro atoms. The summed E-state index contributed by atoms with van der Waals surface area (Å²) in [7, 11) is 0. The van der Waals surface area contributed by atoms with E-state index in [1.165, 1.54) is 29.8 Å². The van der Waals surface area contributed by atoms with Gasteiger partial charge in [-0.3, -0.25) is 9.78 Å². The lowest BCUT2D eigenvalue weighted by Crippen LogP contribution is -2.25. The highest BCUT2D eigenvalue weighted by atomic mass is 35.5. The number of thiazole rings is 1. The molecule has 0 unspecified atom stereocenters. The molecule has 3 heterocycles. The molecule has 0 fully saturated rings. The van der Waals surface area contributed by atoms with E-state index >= 15 is 0 Å². The molecule has 0 saturated carbocycles. The number of benzene rings is 1. The first-order valence-corrected chi connectivity index (χ1v) is 10.4. The Balaban J connectivity index is 1.36. The molecule has 0 bridgehead atoms. The fourth-order valence-electron chi connectivity index (χ4n) is 2.71. The van der Waals surface area contributed by atoms with Gasteiger partial charge < -0.3 is 9.84 Å². The first-order valence-electron chi connectivity index (χ1n) is 9.14. The molecule has 0 aliphatic carbocycles. The summed E-state index contributed by atoms with van der Waals surface area (Å²) in [6.45, 7) is 0.317. The molecule has 0 atom stereocenters. The highest BCUT2D eigenvalue weighted by Gasteiger charge is 2.38. The standard InChI is InChI=1S/C20H13ClF3N5O2S/c21-14-3-1-11(2-4-14)15-10-32-16(27-15)5-6-26-18(30)13-7-12(8-25-9-13)17-28-19(31-29-17)20(22,23)24/h1-4,7-10H,5-6H2,(H,26,30). The number of nitrogens with zero attached hydrogens (tertiary/aromatic N) is 4. The van der Waals surface area contributed by atoms with Crippen LogP contribution in [-0.4, -0.2) is 32.6 Å². The molecular formula is C20H13ClF3N5O2S. The third kappa shape index (κ3) is 5.11. The highest BCUT2D eigenvalue weighted by Crippen LogP contribution is 2.29. The van der Waals surface area contributed by atoms with Crippen molar-refractivity contribution >= 4 is 28.8 Å². The highest BCUT2D eigenvalue weighted by molar-refractivity contribution is 7.09. The Hall–Kier alpha value is -3.31. The van der Waals surface area contributed by atoms with Crippen LogP contribution in [0.15, 0.2) is 52.6 Å². The van der Waals surface area contributed by atoms with Crippen LogP contribution in [0.2, 0.25) is 5.02 Å². The number of hydrogen-bond donors (Lipinski definition) is 1. The van der Waals surface area contributed by atoms with Gasteiger partial charge in [0.15, 0.2) is 0 Å². The third-order valence-electron chi connectivity index (χ3n) is 4.24. The number of aromatic nitrogens is 4. The zero-order valence-electron chi connectivity index (χ0n) is 16.1. The van der Waals surface area contributed by atoms with Crippen molar-refractivity contribution in [3.8, 4) is 22.6 Å². The zero-order valence-corrected chi connectivity index (χ0v) is 17.6. The Morgan fingerprint density at radius 3 is 2.62 bits per heavy atom. The zero-order chi connectivity index (χ0) is 22.7. The first-order chi connectivity index (χ1) is 15.3. The summed E-state index contributed by atoms with van der Waals surface area (Å²) in [4.78, 5) is 24.1. The Morgan fingerprint density at radius 1 is 1.12 bits per heavy atom. The number of carbonyl (C=O) groups is 1. The predicted molar refractivity (Wildman–Crippen MR) is 111 cm³/mol. The van der Waals surface area contributed by atoms with Gasteiger partial charge in [0.25, 0.3) is 5.91 Å². The fraction of sp³-hybridized carbons (Fsp3) is 0.150. The lowest BCUT2D eigenvalue weighted by Gasteiger charge is -2.04. The lowest BCUT2D eigenvalue weighted by molar-refractivity contribution is -0.159. The van der Waals surface area contributed by atoms with Crippen molar-refractivity contribution in [2.75, 3.05) is 6.54 Å². The van der Waals surface area contributed by atoms with Gasteiger partial charge in [0.2, 0.25) is 5.82 Å². The minimum atomic E-state index is -4.75. The molecule has 0 aliphatic rings. The second kappa shape index (κ2) is 9.05. The van der Waals surface area contributed by atoms with E-state index in [0.29, 0.717) is 18.0 Å². The lowest BCUT2D eigenvalue weighted by atomic mass is 10.2. The molecule has 0 radical (unpaired) electrons. The van der Waals surface area contributed by atoms with Gasteiger partial charge >= 0.3 is 12.1 Å². The monoisotopic (exact) mass is 479 g/mol. The quantitative estimate of drug-likeness (QED) is 0.423. The van der Waals surface area contributed by atoms with E-state index in [0.717, 1.165) is 16.3 Å². The van der Waals surface area contributed by atoms with E-state index in [9.17, 15) is 18.0 Å². The van der Waals surface area contributed by atoms with Gasteiger partial charge in [-0.2, -0.15) is 18.2 Å². The number of hydrogen-bond acceptors (Lipinski definition) is 7. The maximum absolute atomic E-state index is 12.6. The van der Waals surface area contributed by atoms with Gasteiger partial charge in [0, 0.05) is 46.9 Å². The van der Waals surface area contributed by atoms with Crippen LogP contribution in [0.25, 0.3) is 22.6 Å². The number of carbonyl (C=O) groups excluding carboxylic acids is 1. The maximum atomic E-state index is 12.6.